The van der Waals surface area contributed by atoms with Crippen LogP contribution in [-0.2, 0) is 4.74 Å². The van der Waals surface area contributed by atoms with E-state index < -0.39 is 5.97 Å². The van der Waals surface area contributed by atoms with E-state index in [4.69, 9.17) is 5.73 Å². The van der Waals surface area contributed by atoms with E-state index >= 15 is 0 Å². The number of pyridine rings is 1. The molecule has 0 aliphatic heterocycles. The van der Waals surface area contributed by atoms with Gasteiger partial charge in [0.05, 0.1) is 12.6 Å². The number of ether oxygens (including phenoxy) is 1. The zero-order chi connectivity index (χ0) is 12.7. The molecule has 0 radical (unpaired) electrons. The third kappa shape index (κ3) is 1.41. The smallest absolute Gasteiger partial charge is 0.356 e. The van der Waals surface area contributed by atoms with Crippen LogP contribution in [0.3, 0.4) is 0 Å². The normalized spacial score (nSPS) is 10.9. The molecule has 0 aliphatic rings. The van der Waals surface area contributed by atoms with Crippen LogP contribution in [0.15, 0.2) is 30.3 Å². The number of aromatic nitrogens is 2. The van der Waals surface area contributed by atoms with Crippen LogP contribution >= 0.6 is 0 Å². The van der Waals surface area contributed by atoms with Crippen molar-refractivity contribution in [2.75, 3.05) is 12.8 Å². The van der Waals surface area contributed by atoms with Gasteiger partial charge in [-0.05, 0) is 12.1 Å². The average molecular weight is 241 g/mol. The molecule has 3 aromatic rings. The summed E-state index contributed by atoms with van der Waals surface area (Å²) in [4.78, 5) is 18.7. The number of benzene rings is 1. The molecule has 0 aliphatic carbocycles. The van der Waals surface area contributed by atoms with Gasteiger partial charge >= 0.3 is 5.97 Å². The van der Waals surface area contributed by atoms with Gasteiger partial charge in [0.1, 0.15) is 5.82 Å². The minimum atomic E-state index is -0.492. The molecular weight excluding hydrogens is 230 g/mol. The van der Waals surface area contributed by atoms with E-state index in [9.17, 15) is 4.79 Å². The number of nitrogen functional groups attached to an aromatic ring is 1. The lowest BCUT2D eigenvalue weighted by Crippen LogP contribution is -2.06. The van der Waals surface area contributed by atoms with Crippen molar-refractivity contribution >= 4 is 33.6 Å². The second kappa shape index (κ2) is 3.73. The molecule has 0 saturated carbocycles. The topological polar surface area (TPSA) is 81.0 Å². The van der Waals surface area contributed by atoms with Crippen LogP contribution in [0.1, 0.15) is 10.5 Å². The van der Waals surface area contributed by atoms with Gasteiger partial charge in [0.15, 0.2) is 5.69 Å². The predicted molar refractivity (Wildman–Crippen MR) is 69.4 cm³/mol. The van der Waals surface area contributed by atoms with Crippen LogP contribution in [0.4, 0.5) is 5.82 Å². The van der Waals surface area contributed by atoms with Crippen LogP contribution < -0.4 is 5.73 Å². The highest BCUT2D eigenvalue weighted by atomic mass is 16.5. The van der Waals surface area contributed by atoms with E-state index in [1.807, 2.05) is 24.3 Å². The third-order valence-corrected chi connectivity index (χ3v) is 2.92. The maximum absolute atomic E-state index is 11.5. The summed E-state index contributed by atoms with van der Waals surface area (Å²) in [5.41, 5.74) is 7.78. The number of methoxy groups -OCH3 is 1. The molecule has 2 heterocycles. The van der Waals surface area contributed by atoms with Crippen LogP contribution in [0, 0.1) is 0 Å². The number of carbonyl (C=O) groups is 1. The van der Waals surface area contributed by atoms with Gasteiger partial charge in [0.25, 0.3) is 0 Å². The highest BCUT2D eigenvalue weighted by Gasteiger charge is 2.14. The van der Waals surface area contributed by atoms with Gasteiger partial charge in [-0.2, -0.15) is 0 Å². The Kier molecular flexibility index (Phi) is 2.19. The highest BCUT2D eigenvalue weighted by Crippen LogP contribution is 2.28. The van der Waals surface area contributed by atoms with Crippen molar-refractivity contribution in [1.82, 2.24) is 9.97 Å². The number of hydrogen-bond acceptors (Lipinski definition) is 4. The number of anilines is 1. The molecule has 5 nitrogen and oxygen atoms in total. The fourth-order valence-corrected chi connectivity index (χ4v) is 2.08. The van der Waals surface area contributed by atoms with Crippen LogP contribution in [0.2, 0.25) is 0 Å². The number of rotatable bonds is 1. The predicted octanol–water partition coefficient (Wildman–Crippen LogP) is 2.08. The molecule has 0 amide bonds. The van der Waals surface area contributed by atoms with Crippen molar-refractivity contribution < 1.29 is 9.53 Å². The van der Waals surface area contributed by atoms with Crippen molar-refractivity contribution in [3.63, 3.8) is 0 Å². The Morgan fingerprint density at radius 3 is 2.89 bits per heavy atom. The fraction of sp³-hybridized carbons (Fsp3) is 0.0769. The van der Waals surface area contributed by atoms with E-state index in [1.165, 1.54) is 7.11 Å². The van der Waals surface area contributed by atoms with E-state index in [1.54, 1.807) is 6.07 Å². The summed E-state index contributed by atoms with van der Waals surface area (Å²) in [7, 11) is 1.32. The zero-order valence-corrected chi connectivity index (χ0v) is 9.73. The number of hydrogen-bond donors (Lipinski definition) is 2. The number of nitrogens with two attached hydrogens (primary N) is 1. The number of fused-ring (bicyclic) bond motifs is 3. The minimum Gasteiger partial charge on any atom is -0.464 e. The lowest BCUT2D eigenvalue weighted by atomic mass is 10.1. The zero-order valence-electron chi connectivity index (χ0n) is 9.73. The molecule has 3 rings (SSSR count). The molecule has 0 atom stereocenters. The van der Waals surface area contributed by atoms with Crippen molar-refractivity contribution in [1.29, 1.82) is 0 Å². The van der Waals surface area contributed by atoms with E-state index in [2.05, 4.69) is 14.7 Å². The quantitative estimate of drug-likeness (QED) is 0.639. The molecule has 1 aromatic carbocycles. The molecule has 0 saturated heterocycles. The molecule has 5 heteroatoms. The molecule has 0 unspecified atom stereocenters. The summed E-state index contributed by atoms with van der Waals surface area (Å²) < 4.78 is 4.66. The molecule has 0 fully saturated rings. The summed E-state index contributed by atoms with van der Waals surface area (Å²) >= 11 is 0. The van der Waals surface area contributed by atoms with Crippen molar-refractivity contribution in [3.8, 4) is 0 Å². The van der Waals surface area contributed by atoms with E-state index in [-0.39, 0.29) is 5.69 Å². The lowest BCUT2D eigenvalue weighted by Gasteiger charge is -2.01. The Morgan fingerprint density at radius 1 is 1.33 bits per heavy atom. The van der Waals surface area contributed by atoms with Crippen molar-refractivity contribution in [3.05, 3.63) is 36.0 Å². The molecule has 3 N–H and O–H groups in total. The van der Waals surface area contributed by atoms with Crippen LogP contribution in [0.5, 0.6) is 0 Å². The van der Waals surface area contributed by atoms with Crippen LogP contribution in [0.25, 0.3) is 21.8 Å². The molecule has 18 heavy (non-hydrogen) atoms. The minimum absolute atomic E-state index is 0.215. The molecule has 2 aromatic heterocycles. The first-order valence-corrected chi connectivity index (χ1v) is 5.46. The maximum atomic E-state index is 11.5. The summed E-state index contributed by atoms with van der Waals surface area (Å²) in [5, 5.41) is 1.88. The SMILES string of the molecule is COC(=O)c1cc2c([nH]c3ccccc32)c(N)n1. The number of carbonyl (C=O) groups excluding carboxylic acids is 1. The van der Waals surface area contributed by atoms with Crippen LogP contribution in [-0.4, -0.2) is 23.0 Å². The van der Waals surface area contributed by atoms with Gasteiger partial charge in [-0.25, -0.2) is 9.78 Å². The first kappa shape index (κ1) is 10.6. The number of H-pyrrole nitrogens is 1. The van der Waals surface area contributed by atoms with Gasteiger partial charge < -0.3 is 15.5 Å². The van der Waals surface area contributed by atoms with Gasteiger partial charge in [-0.3, -0.25) is 0 Å². The highest BCUT2D eigenvalue weighted by molar-refractivity contribution is 6.11. The summed E-state index contributed by atoms with van der Waals surface area (Å²) in [5.74, 6) is -0.196. The molecule has 90 valence electrons. The summed E-state index contributed by atoms with van der Waals surface area (Å²) in [6.45, 7) is 0. The van der Waals surface area contributed by atoms with Gasteiger partial charge in [0.2, 0.25) is 0 Å². The third-order valence-electron chi connectivity index (χ3n) is 2.92. The maximum Gasteiger partial charge on any atom is 0.356 e. The largest absolute Gasteiger partial charge is 0.464 e. The molecule has 0 spiro atoms. The number of nitrogens with one attached hydrogen (secondary N) is 1. The Hall–Kier alpha value is -2.56. The summed E-state index contributed by atoms with van der Waals surface area (Å²) in [6.07, 6.45) is 0. The Morgan fingerprint density at radius 2 is 2.11 bits per heavy atom. The van der Waals surface area contributed by atoms with Gasteiger partial charge in [-0.15, -0.1) is 0 Å². The second-order valence-corrected chi connectivity index (χ2v) is 3.98. The average Bonchev–Trinajstić information content (AvgIpc) is 2.77. The van der Waals surface area contributed by atoms with E-state index in [0.29, 0.717) is 5.82 Å². The van der Waals surface area contributed by atoms with Crippen molar-refractivity contribution in [2.45, 2.75) is 0 Å². The Balaban J connectivity index is 2.40. The standard InChI is InChI=1S/C13H11N3O2/c1-18-13(17)10-6-8-7-4-2-3-5-9(7)15-11(8)12(14)16-10/h2-6,15H,1H3,(H2,14,16). The summed E-state index contributed by atoms with van der Waals surface area (Å²) in [6, 6.07) is 9.48. The van der Waals surface area contributed by atoms with Gasteiger partial charge in [0, 0.05) is 16.3 Å². The molecule has 0 bridgehead atoms. The first-order valence-electron chi connectivity index (χ1n) is 5.46. The number of para-hydroxylation sites is 1. The monoisotopic (exact) mass is 241 g/mol. The number of aromatic amines is 1. The lowest BCUT2D eigenvalue weighted by molar-refractivity contribution is 0.0594. The molecular formula is C13H11N3O2. The number of nitrogens with zero attached hydrogens (tertiary/aromatic N) is 1. The Bertz CT molecular complexity index is 761. The van der Waals surface area contributed by atoms with Gasteiger partial charge in [-0.1, -0.05) is 18.2 Å². The van der Waals surface area contributed by atoms with E-state index in [0.717, 1.165) is 21.8 Å². The first-order chi connectivity index (χ1) is 8.70. The fourth-order valence-electron chi connectivity index (χ4n) is 2.08. The van der Waals surface area contributed by atoms with Crippen molar-refractivity contribution in [2.24, 2.45) is 0 Å². The Labute approximate surface area is 103 Å². The number of esters is 1. The second-order valence-electron chi connectivity index (χ2n) is 3.98.